The number of hydrogen-bond acceptors (Lipinski definition) is 11. The fourth-order valence-corrected chi connectivity index (χ4v) is 7.05. The Morgan fingerprint density at radius 3 is 1.80 bits per heavy atom. The highest BCUT2D eigenvalue weighted by atomic mass is 32.2. The third-order valence-electron chi connectivity index (χ3n) is 8.90. The van der Waals surface area contributed by atoms with Crippen molar-refractivity contribution >= 4 is 41.6 Å². The Kier molecular flexibility index (Phi) is 18.3. The number of anilines is 1. The van der Waals surface area contributed by atoms with Gasteiger partial charge in [0, 0.05) is 51.0 Å². The van der Waals surface area contributed by atoms with Crippen molar-refractivity contribution in [3.8, 4) is 0 Å². The van der Waals surface area contributed by atoms with Gasteiger partial charge in [0.15, 0.2) is 0 Å². The zero-order valence-electron chi connectivity index (χ0n) is 35.4. The van der Waals surface area contributed by atoms with Gasteiger partial charge in [-0.2, -0.15) is 4.98 Å². The molecule has 1 aliphatic heterocycles. The van der Waals surface area contributed by atoms with Crippen molar-refractivity contribution < 1.29 is 38.1 Å². The van der Waals surface area contributed by atoms with E-state index < -0.39 is 28.6 Å². The van der Waals surface area contributed by atoms with Crippen LogP contribution in [0.15, 0.2) is 77.7 Å². The predicted molar refractivity (Wildman–Crippen MR) is 228 cm³/mol. The van der Waals surface area contributed by atoms with E-state index in [4.69, 9.17) is 18.9 Å². The normalized spacial score (nSPS) is 15.3. The van der Waals surface area contributed by atoms with E-state index in [2.05, 4.69) is 10.3 Å². The second-order valence-electron chi connectivity index (χ2n) is 16.5. The van der Waals surface area contributed by atoms with E-state index >= 15 is 0 Å². The molecular weight excluding hydrogens is 775 g/mol. The van der Waals surface area contributed by atoms with Crippen LogP contribution in [0.25, 0.3) is 0 Å². The number of carbonyl (C=O) groups is 4. The zero-order valence-corrected chi connectivity index (χ0v) is 36.2. The monoisotopic (exact) mass is 835 g/mol. The van der Waals surface area contributed by atoms with Gasteiger partial charge in [0.2, 0.25) is 5.91 Å². The number of rotatable bonds is 20. The first kappa shape index (κ1) is 46.8. The van der Waals surface area contributed by atoms with Crippen LogP contribution in [0.2, 0.25) is 0 Å². The first-order valence-corrected chi connectivity index (χ1v) is 21.4. The Bertz CT molecular complexity index is 1850. The topological polar surface area (TPSA) is 159 Å². The van der Waals surface area contributed by atoms with E-state index in [0.717, 1.165) is 24.0 Å². The van der Waals surface area contributed by atoms with E-state index in [0.29, 0.717) is 57.6 Å². The smallest absolute Gasteiger partial charge is 0.410 e. The largest absolute Gasteiger partial charge is 0.462 e. The van der Waals surface area contributed by atoms with E-state index in [1.807, 2.05) is 102 Å². The highest BCUT2D eigenvalue weighted by Crippen LogP contribution is 2.31. The van der Waals surface area contributed by atoms with E-state index in [9.17, 15) is 24.0 Å². The van der Waals surface area contributed by atoms with Crippen LogP contribution >= 0.6 is 11.8 Å². The standard InChI is InChI=1S/C44H61N5O9S/c1-43(2,3)57-41(53)47(29-33-19-11-7-12-20-33)26-17-9-15-23-36(50)45-35-25-28-49(40(52)46-35)37-32-59-39(56-37)31-55-38(51)24-16-10-18-27-48(42(54)58-44(4,5)6)30-34-21-13-8-14-22-34/h7-8,11-14,19-22,25,28,37,39H,9-10,15-18,23-24,26-27,29-32H2,1-6H3,(H,45,46,50,52)/t37-,39+/m0/s1. The average molecular weight is 836 g/mol. The lowest BCUT2D eigenvalue weighted by Gasteiger charge is -2.27. The molecule has 0 spiro atoms. The van der Waals surface area contributed by atoms with Gasteiger partial charge in [-0.25, -0.2) is 14.4 Å². The third-order valence-corrected chi connectivity index (χ3v) is 9.99. The molecular formula is C44H61N5O9S. The molecule has 0 unspecified atom stereocenters. The van der Waals surface area contributed by atoms with Crippen molar-refractivity contribution in [2.75, 3.05) is 30.8 Å². The lowest BCUT2D eigenvalue weighted by Crippen LogP contribution is -2.37. The Balaban J connectivity index is 1.12. The van der Waals surface area contributed by atoms with Crippen LogP contribution in [-0.2, 0) is 41.6 Å². The molecule has 3 aromatic rings. The molecule has 1 N–H and O–H groups in total. The number of thioether (sulfide) groups is 1. The summed E-state index contributed by atoms with van der Waals surface area (Å²) in [6.45, 7) is 13.0. The van der Waals surface area contributed by atoms with Crippen LogP contribution in [0.1, 0.15) is 110 Å². The molecule has 2 heterocycles. The minimum absolute atomic E-state index is 0.0475. The van der Waals surface area contributed by atoms with E-state index in [1.165, 1.54) is 22.5 Å². The van der Waals surface area contributed by atoms with Crippen LogP contribution in [0, 0.1) is 0 Å². The summed E-state index contributed by atoms with van der Waals surface area (Å²) < 4.78 is 24.0. The summed E-state index contributed by atoms with van der Waals surface area (Å²) in [6.07, 6.45) is 4.74. The molecule has 0 aliphatic carbocycles. The van der Waals surface area contributed by atoms with Gasteiger partial charge < -0.3 is 34.1 Å². The Morgan fingerprint density at radius 1 is 0.763 bits per heavy atom. The maximum absolute atomic E-state index is 12.9. The van der Waals surface area contributed by atoms with Gasteiger partial charge in [0.25, 0.3) is 0 Å². The quantitative estimate of drug-likeness (QED) is 0.0663. The van der Waals surface area contributed by atoms with Crippen LogP contribution in [-0.4, -0.2) is 85.5 Å². The summed E-state index contributed by atoms with van der Waals surface area (Å²) in [6, 6.07) is 21.0. The summed E-state index contributed by atoms with van der Waals surface area (Å²) >= 11 is 1.44. The molecule has 59 heavy (non-hydrogen) atoms. The highest BCUT2D eigenvalue weighted by Gasteiger charge is 2.29. The number of ether oxygens (including phenoxy) is 4. The lowest BCUT2D eigenvalue weighted by molar-refractivity contribution is -0.147. The van der Waals surface area contributed by atoms with Crippen molar-refractivity contribution in [2.45, 2.75) is 129 Å². The van der Waals surface area contributed by atoms with Crippen molar-refractivity contribution in [1.82, 2.24) is 19.4 Å². The van der Waals surface area contributed by atoms with Gasteiger partial charge in [-0.15, -0.1) is 11.8 Å². The number of unbranched alkanes of at least 4 members (excludes halogenated alkanes) is 4. The number of hydrogen-bond donors (Lipinski definition) is 1. The van der Waals surface area contributed by atoms with Gasteiger partial charge in [-0.3, -0.25) is 14.2 Å². The molecule has 2 aromatic carbocycles. The third kappa shape index (κ3) is 17.9. The SMILES string of the molecule is CC(C)(C)OC(=O)N(CCCCCC(=O)Nc1ccn([C@@H]2CS[C@H](COC(=O)CCCCCN(Cc3ccccc3)C(=O)OC(C)(C)C)O2)c(=O)n1)Cc1ccccc1. The van der Waals surface area contributed by atoms with Crippen molar-refractivity contribution in [2.24, 2.45) is 0 Å². The number of aromatic nitrogens is 2. The Morgan fingerprint density at radius 2 is 1.29 bits per heavy atom. The number of esters is 1. The molecule has 322 valence electrons. The summed E-state index contributed by atoms with van der Waals surface area (Å²) in [4.78, 5) is 71.1. The van der Waals surface area contributed by atoms with Gasteiger partial charge >= 0.3 is 23.8 Å². The summed E-state index contributed by atoms with van der Waals surface area (Å²) in [7, 11) is 0. The molecule has 0 bridgehead atoms. The maximum Gasteiger partial charge on any atom is 0.410 e. The number of carbonyl (C=O) groups excluding carboxylic acids is 4. The minimum atomic E-state index is -0.607. The number of benzene rings is 2. The molecule has 1 aromatic heterocycles. The minimum Gasteiger partial charge on any atom is -0.462 e. The number of nitrogens with one attached hydrogen (secondary N) is 1. The first-order valence-electron chi connectivity index (χ1n) is 20.4. The van der Waals surface area contributed by atoms with Crippen molar-refractivity contribution in [3.05, 3.63) is 94.5 Å². The van der Waals surface area contributed by atoms with E-state index in [1.54, 1.807) is 15.9 Å². The van der Waals surface area contributed by atoms with Crippen molar-refractivity contribution in [1.29, 1.82) is 0 Å². The van der Waals surface area contributed by atoms with Crippen LogP contribution in [0.5, 0.6) is 0 Å². The molecule has 14 nitrogen and oxygen atoms in total. The molecule has 15 heteroatoms. The van der Waals surface area contributed by atoms with Crippen LogP contribution < -0.4 is 11.0 Å². The van der Waals surface area contributed by atoms with Gasteiger partial charge in [-0.05, 0) is 84.4 Å². The molecule has 1 aliphatic rings. The Labute approximate surface area is 352 Å². The molecule has 1 fully saturated rings. The fraction of sp³-hybridized carbons (Fsp3) is 0.545. The molecule has 2 atom stereocenters. The van der Waals surface area contributed by atoms with Gasteiger partial charge in [0.05, 0.1) is 0 Å². The second kappa shape index (κ2) is 23.0. The molecule has 1 saturated heterocycles. The van der Waals surface area contributed by atoms with Gasteiger partial charge in [-0.1, -0.05) is 73.5 Å². The lowest BCUT2D eigenvalue weighted by atomic mass is 10.1. The molecule has 0 radical (unpaired) electrons. The average Bonchev–Trinajstić information content (AvgIpc) is 3.64. The van der Waals surface area contributed by atoms with Crippen LogP contribution in [0.3, 0.4) is 0 Å². The van der Waals surface area contributed by atoms with Crippen LogP contribution in [0.4, 0.5) is 15.4 Å². The summed E-state index contributed by atoms with van der Waals surface area (Å²) in [5, 5.41) is 2.70. The first-order chi connectivity index (χ1) is 28.0. The maximum atomic E-state index is 12.9. The molecule has 4 rings (SSSR count). The fourth-order valence-electron chi connectivity index (χ4n) is 6.06. The Hall–Kier alpha value is -4.89. The summed E-state index contributed by atoms with van der Waals surface area (Å²) in [5.41, 5.74) is -0.196. The highest BCUT2D eigenvalue weighted by molar-refractivity contribution is 8.00. The number of amides is 3. The molecule has 3 amide bonds. The predicted octanol–water partition coefficient (Wildman–Crippen LogP) is 8.31. The van der Waals surface area contributed by atoms with Gasteiger partial charge in [0.1, 0.15) is 35.3 Å². The molecule has 0 saturated carbocycles. The zero-order chi connectivity index (χ0) is 42.8. The van der Waals surface area contributed by atoms with Crippen molar-refractivity contribution in [3.63, 3.8) is 0 Å². The van der Waals surface area contributed by atoms with E-state index in [-0.39, 0.29) is 49.3 Å². The second-order valence-corrected chi connectivity index (χ2v) is 17.7. The number of nitrogens with zero attached hydrogens (tertiary/aromatic N) is 4. The summed E-state index contributed by atoms with van der Waals surface area (Å²) in [5.74, 6) is 0.0164.